The van der Waals surface area contributed by atoms with Gasteiger partial charge in [-0.2, -0.15) is 4.99 Å². The number of hydrogen-bond acceptors (Lipinski definition) is 3. The molecule has 0 bridgehead atoms. The van der Waals surface area contributed by atoms with Gasteiger partial charge in [0.1, 0.15) is 5.82 Å². The summed E-state index contributed by atoms with van der Waals surface area (Å²) in [6.07, 6.45) is 6.75. The third-order valence-corrected chi connectivity index (χ3v) is 3.86. The Morgan fingerprint density at radius 3 is 3.05 bits per heavy atom. The zero-order valence-corrected chi connectivity index (χ0v) is 11.6. The van der Waals surface area contributed by atoms with E-state index in [1.807, 2.05) is 0 Å². The molecule has 0 saturated heterocycles. The first-order valence-electron chi connectivity index (χ1n) is 6.04. The van der Waals surface area contributed by atoms with E-state index in [9.17, 15) is 9.18 Å². The molecule has 104 valence electrons. The summed E-state index contributed by atoms with van der Waals surface area (Å²) in [6, 6.07) is 7.50. The van der Waals surface area contributed by atoms with Gasteiger partial charge in [-0.25, -0.2) is 4.39 Å². The maximum atomic E-state index is 13.3. The van der Waals surface area contributed by atoms with E-state index < -0.39 is 5.91 Å². The average Bonchev–Trinajstić information content (AvgIpc) is 3.08. The van der Waals surface area contributed by atoms with Crippen molar-refractivity contribution in [1.82, 2.24) is 4.57 Å². The number of thiazole rings is 1. The fourth-order valence-corrected chi connectivity index (χ4v) is 2.97. The van der Waals surface area contributed by atoms with Crippen LogP contribution in [-0.4, -0.2) is 10.5 Å². The predicted octanol–water partition coefficient (Wildman–Crippen LogP) is 2.81. The lowest BCUT2D eigenvalue weighted by Gasteiger charge is -1.98. The van der Waals surface area contributed by atoms with Crippen molar-refractivity contribution in [3.05, 3.63) is 53.0 Å². The molecule has 2 aromatic heterocycles. The summed E-state index contributed by atoms with van der Waals surface area (Å²) >= 11 is 1.20. The highest BCUT2D eigenvalue weighted by molar-refractivity contribution is 7.16. The Morgan fingerprint density at radius 1 is 1.48 bits per heavy atom. The van der Waals surface area contributed by atoms with Gasteiger partial charge in [-0.3, -0.25) is 4.79 Å². The number of hydrogen-bond donors (Lipinski definition) is 0. The molecule has 21 heavy (non-hydrogen) atoms. The lowest BCUT2D eigenvalue weighted by Crippen LogP contribution is -2.16. The minimum Gasteiger partial charge on any atom is -0.459 e. The maximum Gasteiger partial charge on any atom is 0.315 e. The number of carbonyl (C=O) groups is 1. The van der Waals surface area contributed by atoms with Crippen LogP contribution < -0.4 is 4.80 Å². The number of carbonyl (C=O) groups excluding carboxylic acids is 1. The van der Waals surface area contributed by atoms with Crippen LogP contribution in [0.2, 0.25) is 0 Å². The van der Waals surface area contributed by atoms with Crippen LogP contribution in [0.25, 0.3) is 10.2 Å². The fraction of sp³-hybridized carbons (Fsp3) is 0.0667. The van der Waals surface area contributed by atoms with E-state index in [1.54, 1.807) is 16.7 Å². The van der Waals surface area contributed by atoms with Crippen LogP contribution in [0.3, 0.4) is 0 Å². The first-order valence-corrected chi connectivity index (χ1v) is 6.85. The number of furan rings is 1. The SMILES string of the molecule is C#CCn1c(=NC(=O)c2ccco2)sc2cc(F)ccc21. The van der Waals surface area contributed by atoms with Crippen LogP contribution in [0, 0.1) is 18.2 Å². The standard InChI is InChI=1S/C15H9FN2O2S/c1-2-7-18-11-6-5-10(16)9-13(11)21-15(18)17-14(19)12-4-3-8-20-12/h1,3-6,8-9H,7H2. The normalized spacial score (nSPS) is 11.7. The maximum absolute atomic E-state index is 13.3. The summed E-state index contributed by atoms with van der Waals surface area (Å²) in [6.45, 7) is 0.246. The van der Waals surface area contributed by atoms with Crippen molar-refractivity contribution < 1.29 is 13.6 Å². The third kappa shape index (κ3) is 2.51. The number of fused-ring (bicyclic) bond motifs is 1. The number of rotatable bonds is 2. The zero-order chi connectivity index (χ0) is 14.8. The molecule has 0 aliphatic heterocycles. The quantitative estimate of drug-likeness (QED) is 0.683. The molecular formula is C15H9FN2O2S. The van der Waals surface area contributed by atoms with Crippen molar-refractivity contribution in [2.45, 2.75) is 6.54 Å². The lowest BCUT2D eigenvalue weighted by molar-refractivity contribution is 0.0971. The van der Waals surface area contributed by atoms with E-state index in [4.69, 9.17) is 10.8 Å². The van der Waals surface area contributed by atoms with Crippen LogP contribution in [0.1, 0.15) is 10.6 Å². The van der Waals surface area contributed by atoms with Crippen LogP contribution in [0.15, 0.2) is 46.0 Å². The molecule has 1 amide bonds. The molecular weight excluding hydrogens is 291 g/mol. The van der Waals surface area contributed by atoms with Crippen molar-refractivity contribution in [1.29, 1.82) is 0 Å². The van der Waals surface area contributed by atoms with E-state index in [-0.39, 0.29) is 18.1 Å². The van der Waals surface area contributed by atoms with Gasteiger partial charge in [-0.1, -0.05) is 17.3 Å². The number of amides is 1. The molecule has 0 radical (unpaired) electrons. The predicted molar refractivity (Wildman–Crippen MR) is 77.2 cm³/mol. The zero-order valence-electron chi connectivity index (χ0n) is 10.7. The highest BCUT2D eigenvalue weighted by Gasteiger charge is 2.10. The summed E-state index contributed by atoms with van der Waals surface area (Å²) in [4.78, 5) is 16.4. The molecule has 0 unspecified atom stereocenters. The van der Waals surface area contributed by atoms with Crippen LogP contribution >= 0.6 is 11.3 Å². The Bertz CT molecular complexity index is 913. The Labute approximate surface area is 123 Å². The lowest BCUT2D eigenvalue weighted by atomic mass is 10.3. The van der Waals surface area contributed by atoms with Gasteiger partial charge in [0, 0.05) is 0 Å². The molecule has 6 heteroatoms. The van der Waals surface area contributed by atoms with Crippen molar-refractivity contribution in [2.24, 2.45) is 4.99 Å². The number of aromatic nitrogens is 1. The van der Waals surface area contributed by atoms with E-state index in [2.05, 4.69) is 10.9 Å². The van der Waals surface area contributed by atoms with Gasteiger partial charge in [0.2, 0.25) is 0 Å². The van der Waals surface area contributed by atoms with Gasteiger partial charge >= 0.3 is 5.91 Å². The minimum absolute atomic E-state index is 0.144. The van der Waals surface area contributed by atoms with Gasteiger partial charge in [-0.05, 0) is 30.3 Å². The molecule has 0 saturated carbocycles. The summed E-state index contributed by atoms with van der Waals surface area (Å²) < 4.78 is 20.7. The topological polar surface area (TPSA) is 47.5 Å². The molecule has 0 aliphatic carbocycles. The first kappa shape index (κ1) is 13.3. The molecule has 0 fully saturated rings. The van der Waals surface area contributed by atoms with E-state index in [1.165, 1.54) is 35.8 Å². The molecule has 2 heterocycles. The largest absolute Gasteiger partial charge is 0.459 e. The molecule has 3 rings (SSSR count). The minimum atomic E-state index is -0.502. The van der Waals surface area contributed by atoms with E-state index >= 15 is 0 Å². The molecule has 0 N–H and O–H groups in total. The Kier molecular flexibility index (Phi) is 3.42. The number of terminal acetylenes is 1. The Hall–Kier alpha value is -2.65. The number of benzene rings is 1. The fourth-order valence-electron chi connectivity index (χ4n) is 1.92. The van der Waals surface area contributed by atoms with Crippen molar-refractivity contribution >= 4 is 27.5 Å². The van der Waals surface area contributed by atoms with Crippen molar-refractivity contribution in [3.8, 4) is 12.3 Å². The van der Waals surface area contributed by atoms with E-state index in [0.717, 1.165) is 5.52 Å². The first-order chi connectivity index (χ1) is 10.2. The van der Waals surface area contributed by atoms with Crippen molar-refractivity contribution in [3.63, 3.8) is 0 Å². The molecule has 4 nitrogen and oxygen atoms in total. The summed E-state index contributed by atoms with van der Waals surface area (Å²) in [5, 5.41) is 0. The van der Waals surface area contributed by atoms with Gasteiger partial charge in [-0.15, -0.1) is 6.42 Å². The average molecular weight is 300 g/mol. The Balaban J connectivity index is 2.19. The molecule has 0 aliphatic rings. The molecule has 0 atom stereocenters. The van der Waals surface area contributed by atoms with Crippen LogP contribution in [0.5, 0.6) is 0 Å². The second kappa shape index (κ2) is 5.38. The van der Waals surface area contributed by atoms with Crippen LogP contribution in [0.4, 0.5) is 4.39 Å². The van der Waals surface area contributed by atoms with Gasteiger partial charge in [0.25, 0.3) is 0 Å². The van der Waals surface area contributed by atoms with Crippen molar-refractivity contribution in [2.75, 3.05) is 0 Å². The Morgan fingerprint density at radius 2 is 2.33 bits per heavy atom. The monoisotopic (exact) mass is 300 g/mol. The van der Waals surface area contributed by atoms with Gasteiger partial charge < -0.3 is 8.98 Å². The molecule has 1 aromatic carbocycles. The van der Waals surface area contributed by atoms with Gasteiger partial charge in [0.15, 0.2) is 10.6 Å². The summed E-state index contributed by atoms with van der Waals surface area (Å²) in [7, 11) is 0. The molecule has 0 spiro atoms. The van der Waals surface area contributed by atoms with E-state index in [0.29, 0.717) is 9.50 Å². The summed E-state index contributed by atoms with van der Waals surface area (Å²) in [5.41, 5.74) is 0.741. The number of halogens is 1. The third-order valence-electron chi connectivity index (χ3n) is 2.82. The summed E-state index contributed by atoms with van der Waals surface area (Å²) in [5.74, 6) is 1.80. The molecule has 3 aromatic rings. The number of nitrogens with zero attached hydrogens (tertiary/aromatic N) is 2. The second-order valence-electron chi connectivity index (χ2n) is 4.18. The van der Waals surface area contributed by atoms with Crippen LogP contribution in [-0.2, 0) is 6.54 Å². The second-order valence-corrected chi connectivity index (χ2v) is 5.19. The van der Waals surface area contributed by atoms with Gasteiger partial charge in [0.05, 0.1) is 23.0 Å². The smallest absolute Gasteiger partial charge is 0.315 e. The highest BCUT2D eigenvalue weighted by atomic mass is 32.1. The highest BCUT2D eigenvalue weighted by Crippen LogP contribution is 2.18.